The van der Waals surface area contributed by atoms with E-state index in [2.05, 4.69) is 12.2 Å². The van der Waals surface area contributed by atoms with Crippen molar-refractivity contribution in [3.8, 4) is 5.75 Å². The molecule has 3 nitrogen and oxygen atoms in total. The average molecular weight is 270 g/mol. The predicted octanol–water partition coefficient (Wildman–Crippen LogP) is 3.09. The molecule has 4 heteroatoms. The largest absolute Gasteiger partial charge is 0.507 e. The van der Waals surface area contributed by atoms with E-state index in [1.165, 1.54) is 0 Å². The van der Waals surface area contributed by atoms with Crippen LogP contribution in [0.5, 0.6) is 5.75 Å². The summed E-state index contributed by atoms with van der Waals surface area (Å²) >= 11 is 5.71. The first-order chi connectivity index (χ1) is 8.56. The minimum absolute atomic E-state index is 0.0594. The average Bonchev–Trinajstić information content (AvgIpc) is 2.37. The molecule has 1 aromatic carbocycles. The van der Waals surface area contributed by atoms with Crippen molar-refractivity contribution >= 4 is 17.5 Å². The fourth-order valence-corrected chi connectivity index (χ4v) is 1.82. The molecule has 0 bridgehead atoms. The first-order valence-corrected chi connectivity index (χ1v) is 6.72. The Balaban J connectivity index is 2.44. The molecule has 0 aliphatic carbocycles. The number of nitrogens with one attached hydrogen (secondary N) is 1. The Hall–Kier alpha value is -1.22. The van der Waals surface area contributed by atoms with Gasteiger partial charge in [0.1, 0.15) is 5.75 Å². The number of alkyl halides is 1. The summed E-state index contributed by atoms with van der Waals surface area (Å²) < 4.78 is 0. The van der Waals surface area contributed by atoms with Crippen molar-refractivity contribution in [2.75, 3.05) is 12.4 Å². The van der Waals surface area contributed by atoms with Crippen LogP contribution in [-0.2, 0) is 0 Å². The number of para-hydroxylation sites is 1. The van der Waals surface area contributed by atoms with Gasteiger partial charge in [0.25, 0.3) is 5.91 Å². The molecule has 0 saturated carbocycles. The summed E-state index contributed by atoms with van der Waals surface area (Å²) in [5.41, 5.74) is 1.04. The Labute approximate surface area is 113 Å². The van der Waals surface area contributed by atoms with Crippen LogP contribution in [0.4, 0.5) is 0 Å². The second-order valence-corrected chi connectivity index (χ2v) is 4.94. The third-order valence-electron chi connectivity index (χ3n) is 2.91. The third-order valence-corrected chi connectivity index (χ3v) is 3.43. The van der Waals surface area contributed by atoms with E-state index in [0.717, 1.165) is 12.8 Å². The zero-order valence-electron chi connectivity index (χ0n) is 10.9. The van der Waals surface area contributed by atoms with Gasteiger partial charge in [-0.3, -0.25) is 4.79 Å². The molecule has 0 fully saturated rings. The molecule has 0 aliphatic heterocycles. The molecule has 0 saturated heterocycles. The Morgan fingerprint density at radius 3 is 2.89 bits per heavy atom. The maximum Gasteiger partial charge on any atom is 0.255 e. The monoisotopic (exact) mass is 269 g/mol. The molecule has 0 radical (unpaired) electrons. The van der Waals surface area contributed by atoms with Crippen LogP contribution in [0.1, 0.15) is 35.7 Å². The number of carbonyl (C=O) groups is 1. The Kier molecular flexibility index (Phi) is 5.99. The van der Waals surface area contributed by atoms with Gasteiger partial charge in [0.15, 0.2) is 0 Å². The van der Waals surface area contributed by atoms with E-state index < -0.39 is 0 Å². The molecule has 2 N–H and O–H groups in total. The van der Waals surface area contributed by atoms with Crippen LogP contribution in [0.15, 0.2) is 18.2 Å². The maximum absolute atomic E-state index is 11.8. The van der Waals surface area contributed by atoms with Crippen molar-refractivity contribution < 1.29 is 9.90 Å². The maximum atomic E-state index is 11.8. The summed E-state index contributed by atoms with van der Waals surface area (Å²) in [6, 6.07) is 5.16. The highest BCUT2D eigenvalue weighted by atomic mass is 35.5. The Morgan fingerprint density at radius 1 is 1.50 bits per heavy atom. The molecule has 1 unspecified atom stereocenters. The summed E-state index contributed by atoms with van der Waals surface area (Å²) in [5.74, 6) is 0.946. The van der Waals surface area contributed by atoms with Crippen molar-refractivity contribution in [3.05, 3.63) is 29.3 Å². The number of phenols is 1. The quantitative estimate of drug-likeness (QED) is 0.616. The molecule has 1 rings (SSSR count). The smallest absolute Gasteiger partial charge is 0.255 e. The zero-order chi connectivity index (χ0) is 13.5. The summed E-state index contributed by atoms with van der Waals surface area (Å²) in [5, 5.41) is 12.6. The molecular weight excluding hydrogens is 250 g/mol. The number of hydrogen-bond acceptors (Lipinski definition) is 2. The van der Waals surface area contributed by atoms with Crippen LogP contribution in [-0.4, -0.2) is 23.4 Å². The summed E-state index contributed by atoms with van der Waals surface area (Å²) in [4.78, 5) is 11.8. The number of halogens is 1. The van der Waals surface area contributed by atoms with Gasteiger partial charge in [-0.05, 0) is 37.3 Å². The fraction of sp³-hybridized carbons (Fsp3) is 0.500. The molecule has 1 amide bonds. The normalized spacial score (nSPS) is 12.2. The van der Waals surface area contributed by atoms with Gasteiger partial charge >= 0.3 is 0 Å². The van der Waals surface area contributed by atoms with Crippen molar-refractivity contribution in [2.45, 2.75) is 26.7 Å². The molecule has 1 aromatic rings. The molecule has 0 heterocycles. The summed E-state index contributed by atoms with van der Waals surface area (Å²) in [6.07, 6.45) is 1.88. The van der Waals surface area contributed by atoms with Gasteiger partial charge in [-0.1, -0.05) is 19.1 Å². The zero-order valence-corrected chi connectivity index (χ0v) is 11.6. The van der Waals surface area contributed by atoms with Gasteiger partial charge in [0, 0.05) is 12.4 Å². The lowest BCUT2D eigenvalue weighted by Gasteiger charge is -2.10. The SMILES string of the molecule is Cc1cccc(C(=O)NCCCC(C)CCl)c1O. The van der Waals surface area contributed by atoms with Crippen LogP contribution in [0.3, 0.4) is 0 Å². The van der Waals surface area contributed by atoms with Gasteiger partial charge in [0.05, 0.1) is 5.56 Å². The number of aryl methyl sites for hydroxylation is 1. The minimum atomic E-state index is -0.227. The summed E-state index contributed by atoms with van der Waals surface area (Å²) in [6.45, 7) is 4.46. The topological polar surface area (TPSA) is 49.3 Å². The highest BCUT2D eigenvalue weighted by Gasteiger charge is 2.11. The second kappa shape index (κ2) is 7.27. The number of benzene rings is 1. The molecular formula is C14H20ClNO2. The number of amides is 1. The molecule has 0 aliphatic rings. The highest BCUT2D eigenvalue weighted by Crippen LogP contribution is 2.21. The van der Waals surface area contributed by atoms with Crippen LogP contribution < -0.4 is 5.32 Å². The van der Waals surface area contributed by atoms with Crippen molar-refractivity contribution in [3.63, 3.8) is 0 Å². The van der Waals surface area contributed by atoms with Gasteiger partial charge in [-0.2, -0.15) is 0 Å². The molecule has 0 aromatic heterocycles. The van der Waals surface area contributed by atoms with Gasteiger partial charge in [-0.25, -0.2) is 0 Å². The number of aromatic hydroxyl groups is 1. The standard InChI is InChI=1S/C14H20ClNO2/c1-10(9-15)5-4-8-16-14(18)12-7-3-6-11(2)13(12)17/h3,6-7,10,17H,4-5,8-9H2,1-2H3,(H,16,18). The van der Waals surface area contributed by atoms with Gasteiger partial charge < -0.3 is 10.4 Å². The van der Waals surface area contributed by atoms with Crippen LogP contribution >= 0.6 is 11.6 Å². The van der Waals surface area contributed by atoms with Crippen LogP contribution in [0, 0.1) is 12.8 Å². The molecule has 1 atom stereocenters. The molecule has 0 spiro atoms. The Bertz CT molecular complexity index is 407. The minimum Gasteiger partial charge on any atom is -0.507 e. The van der Waals surface area contributed by atoms with E-state index in [1.807, 2.05) is 0 Å². The van der Waals surface area contributed by atoms with Gasteiger partial charge in [0.2, 0.25) is 0 Å². The fourth-order valence-electron chi connectivity index (χ4n) is 1.67. The van der Waals surface area contributed by atoms with Crippen LogP contribution in [0.2, 0.25) is 0 Å². The molecule has 18 heavy (non-hydrogen) atoms. The first-order valence-electron chi connectivity index (χ1n) is 6.19. The van der Waals surface area contributed by atoms with E-state index in [4.69, 9.17) is 11.6 Å². The summed E-state index contributed by atoms with van der Waals surface area (Å²) in [7, 11) is 0. The number of phenolic OH excluding ortho intramolecular Hbond substituents is 1. The van der Waals surface area contributed by atoms with E-state index in [0.29, 0.717) is 29.5 Å². The Morgan fingerprint density at radius 2 is 2.22 bits per heavy atom. The molecule has 100 valence electrons. The van der Waals surface area contributed by atoms with E-state index in [1.54, 1.807) is 25.1 Å². The van der Waals surface area contributed by atoms with Crippen molar-refractivity contribution in [2.24, 2.45) is 5.92 Å². The highest BCUT2D eigenvalue weighted by molar-refractivity contribution is 6.18. The lowest BCUT2D eigenvalue weighted by atomic mass is 10.1. The van der Waals surface area contributed by atoms with E-state index >= 15 is 0 Å². The number of carbonyl (C=O) groups excluding carboxylic acids is 1. The van der Waals surface area contributed by atoms with E-state index in [9.17, 15) is 9.90 Å². The lowest BCUT2D eigenvalue weighted by Crippen LogP contribution is -2.25. The first kappa shape index (κ1) is 14.8. The number of hydrogen-bond donors (Lipinski definition) is 2. The van der Waals surface area contributed by atoms with E-state index in [-0.39, 0.29) is 11.7 Å². The third kappa shape index (κ3) is 4.22. The second-order valence-electron chi connectivity index (χ2n) is 4.63. The van der Waals surface area contributed by atoms with Crippen molar-refractivity contribution in [1.82, 2.24) is 5.32 Å². The lowest BCUT2D eigenvalue weighted by molar-refractivity contribution is 0.0950. The number of rotatable bonds is 6. The van der Waals surface area contributed by atoms with Crippen molar-refractivity contribution in [1.29, 1.82) is 0 Å². The van der Waals surface area contributed by atoms with Gasteiger partial charge in [-0.15, -0.1) is 11.6 Å². The van der Waals surface area contributed by atoms with Crippen LogP contribution in [0.25, 0.3) is 0 Å². The predicted molar refractivity (Wildman–Crippen MR) is 74.3 cm³/mol.